The molecule has 1 N–H and O–H groups in total. The molecule has 0 saturated heterocycles. The zero-order chi connectivity index (χ0) is 14.5. The van der Waals surface area contributed by atoms with Crippen molar-refractivity contribution in [2.75, 3.05) is 6.54 Å². The molecule has 2 nitrogen and oxygen atoms in total. The highest BCUT2D eigenvalue weighted by atomic mass is 79.9. The van der Waals surface area contributed by atoms with Crippen LogP contribution in [0.4, 0.5) is 4.39 Å². The Balaban J connectivity index is 2.21. The number of hydrogen-bond donors (Lipinski definition) is 1. The van der Waals surface area contributed by atoms with Crippen molar-refractivity contribution in [2.24, 2.45) is 0 Å². The van der Waals surface area contributed by atoms with Crippen LogP contribution in [-0.2, 0) is 6.42 Å². The normalized spacial score (nSPS) is 12.6. The zero-order valence-corrected chi connectivity index (χ0v) is 14.0. The standard InChI is InChI=1S/C15H18BrFN2S/c1-3-4-18-14(8-15-19-10(2)9-20-15)11-5-12(16)7-13(17)6-11/h5-7,9,14,18H,3-4,8H2,1-2H3. The second kappa shape index (κ2) is 7.29. The highest BCUT2D eigenvalue weighted by molar-refractivity contribution is 9.10. The quantitative estimate of drug-likeness (QED) is 0.815. The molecule has 0 amide bonds. The van der Waals surface area contributed by atoms with E-state index in [1.165, 1.54) is 6.07 Å². The first kappa shape index (κ1) is 15.6. The monoisotopic (exact) mass is 356 g/mol. The lowest BCUT2D eigenvalue weighted by Gasteiger charge is -2.18. The predicted octanol–water partition coefficient (Wildman–Crippen LogP) is 4.64. The van der Waals surface area contributed by atoms with Crippen molar-refractivity contribution in [3.8, 4) is 0 Å². The van der Waals surface area contributed by atoms with Crippen LogP contribution in [0.5, 0.6) is 0 Å². The number of aryl methyl sites for hydroxylation is 1. The van der Waals surface area contributed by atoms with Gasteiger partial charge in [0.1, 0.15) is 5.82 Å². The molecule has 20 heavy (non-hydrogen) atoms. The number of nitrogens with one attached hydrogen (secondary N) is 1. The predicted molar refractivity (Wildman–Crippen MR) is 85.7 cm³/mol. The average molecular weight is 357 g/mol. The van der Waals surface area contributed by atoms with Gasteiger partial charge in [0.25, 0.3) is 0 Å². The third kappa shape index (κ3) is 4.36. The number of halogens is 2. The van der Waals surface area contributed by atoms with Crippen molar-refractivity contribution in [3.05, 3.63) is 50.1 Å². The van der Waals surface area contributed by atoms with Crippen LogP contribution in [0.1, 0.15) is 35.7 Å². The molecule has 2 aromatic rings. The molecule has 0 aliphatic carbocycles. The Morgan fingerprint density at radius 3 is 2.80 bits per heavy atom. The van der Waals surface area contributed by atoms with E-state index in [-0.39, 0.29) is 11.9 Å². The van der Waals surface area contributed by atoms with Gasteiger partial charge in [0.15, 0.2) is 0 Å². The van der Waals surface area contributed by atoms with Gasteiger partial charge in [-0.3, -0.25) is 0 Å². The van der Waals surface area contributed by atoms with E-state index in [1.54, 1.807) is 17.4 Å². The van der Waals surface area contributed by atoms with E-state index < -0.39 is 0 Å². The largest absolute Gasteiger partial charge is 0.310 e. The first-order valence-corrected chi connectivity index (χ1v) is 8.36. The van der Waals surface area contributed by atoms with Crippen LogP contribution < -0.4 is 5.32 Å². The molecule has 0 bridgehead atoms. The number of rotatable bonds is 6. The minimum Gasteiger partial charge on any atom is -0.310 e. The summed E-state index contributed by atoms with van der Waals surface area (Å²) < 4.78 is 14.4. The fourth-order valence-corrected chi connectivity index (χ4v) is 3.38. The van der Waals surface area contributed by atoms with Crippen LogP contribution in [-0.4, -0.2) is 11.5 Å². The maximum Gasteiger partial charge on any atom is 0.124 e. The Kier molecular flexibility index (Phi) is 5.69. The minimum absolute atomic E-state index is 0.0903. The number of nitrogens with zero attached hydrogens (tertiary/aromatic N) is 1. The summed E-state index contributed by atoms with van der Waals surface area (Å²) >= 11 is 5.02. The van der Waals surface area contributed by atoms with Gasteiger partial charge in [-0.25, -0.2) is 9.37 Å². The second-order valence-electron chi connectivity index (χ2n) is 4.80. The molecule has 1 aromatic carbocycles. The summed E-state index contributed by atoms with van der Waals surface area (Å²) in [6, 6.07) is 5.14. The first-order valence-electron chi connectivity index (χ1n) is 6.69. The molecule has 0 saturated carbocycles. The van der Waals surface area contributed by atoms with E-state index in [0.29, 0.717) is 0 Å². The van der Waals surface area contributed by atoms with Crippen molar-refractivity contribution in [3.63, 3.8) is 0 Å². The van der Waals surface area contributed by atoms with Crippen molar-refractivity contribution in [1.29, 1.82) is 0 Å². The van der Waals surface area contributed by atoms with E-state index in [4.69, 9.17) is 0 Å². The van der Waals surface area contributed by atoms with Crippen molar-refractivity contribution < 1.29 is 4.39 Å². The lowest BCUT2D eigenvalue weighted by atomic mass is 10.0. The Morgan fingerprint density at radius 2 is 2.20 bits per heavy atom. The van der Waals surface area contributed by atoms with E-state index in [9.17, 15) is 4.39 Å². The van der Waals surface area contributed by atoms with Gasteiger partial charge in [-0.1, -0.05) is 22.9 Å². The van der Waals surface area contributed by atoms with Crippen LogP contribution >= 0.6 is 27.3 Å². The molecule has 1 atom stereocenters. The fourth-order valence-electron chi connectivity index (χ4n) is 2.07. The summed E-state index contributed by atoms with van der Waals surface area (Å²) in [5.41, 5.74) is 2.00. The summed E-state index contributed by atoms with van der Waals surface area (Å²) in [6.45, 7) is 5.02. The van der Waals surface area contributed by atoms with Crippen molar-refractivity contribution >= 4 is 27.3 Å². The molecule has 2 rings (SSSR count). The molecule has 0 fully saturated rings. The van der Waals surface area contributed by atoms with Gasteiger partial charge in [-0.05, 0) is 43.7 Å². The second-order valence-corrected chi connectivity index (χ2v) is 6.65. The Hall–Kier alpha value is -0.780. The topological polar surface area (TPSA) is 24.9 Å². The van der Waals surface area contributed by atoms with Gasteiger partial charge in [0, 0.05) is 28.0 Å². The lowest BCUT2D eigenvalue weighted by molar-refractivity contribution is 0.523. The maximum atomic E-state index is 13.6. The van der Waals surface area contributed by atoms with E-state index in [0.717, 1.165) is 40.1 Å². The van der Waals surface area contributed by atoms with Crippen molar-refractivity contribution in [1.82, 2.24) is 10.3 Å². The number of hydrogen-bond acceptors (Lipinski definition) is 3. The van der Waals surface area contributed by atoms with Gasteiger partial charge in [-0.15, -0.1) is 11.3 Å². The average Bonchev–Trinajstić information content (AvgIpc) is 2.79. The Labute approximate surface area is 131 Å². The minimum atomic E-state index is -0.215. The van der Waals surface area contributed by atoms with Gasteiger partial charge in [0.05, 0.1) is 5.01 Å². The first-order chi connectivity index (χ1) is 9.58. The smallest absolute Gasteiger partial charge is 0.124 e. The van der Waals surface area contributed by atoms with Gasteiger partial charge in [-0.2, -0.15) is 0 Å². The molecule has 1 unspecified atom stereocenters. The van der Waals surface area contributed by atoms with E-state index >= 15 is 0 Å². The van der Waals surface area contributed by atoms with E-state index in [2.05, 4.69) is 33.2 Å². The molecule has 0 radical (unpaired) electrons. The highest BCUT2D eigenvalue weighted by Crippen LogP contribution is 2.24. The fraction of sp³-hybridized carbons (Fsp3) is 0.400. The molecule has 1 heterocycles. The summed E-state index contributed by atoms with van der Waals surface area (Å²) in [5, 5.41) is 6.61. The number of aromatic nitrogens is 1. The lowest BCUT2D eigenvalue weighted by Crippen LogP contribution is -2.24. The molecule has 0 aliphatic rings. The molecular formula is C15H18BrFN2S. The maximum absolute atomic E-state index is 13.6. The molecule has 0 aliphatic heterocycles. The Morgan fingerprint density at radius 1 is 1.40 bits per heavy atom. The van der Waals surface area contributed by atoms with Crippen LogP contribution in [0.25, 0.3) is 0 Å². The third-order valence-corrected chi connectivity index (χ3v) is 4.42. The summed E-state index contributed by atoms with van der Waals surface area (Å²) in [5.74, 6) is -0.215. The summed E-state index contributed by atoms with van der Waals surface area (Å²) in [7, 11) is 0. The van der Waals surface area contributed by atoms with Crippen LogP contribution in [0, 0.1) is 12.7 Å². The highest BCUT2D eigenvalue weighted by Gasteiger charge is 2.15. The molecular weight excluding hydrogens is 339 g/mol. The van der Waals surface area contributed by atoms with Crippen LogP contribution in [0.15, 0.2) is 28.1 Å². The molecule has 5 heteroatoms. The van der Waals surface area contributed by atoms with Crippen molar-refractivity contribution in [2.45, 2.75) is 32.7 Å². The van der Waals surface area contributed by atoms with Gasteiger partial charge in [0.2, 0.25) is 0 Å². The Bertz CT molecular complexity index is 551. The SMILES string of the molecule is CCCNC(Cc1nc(C)cs1)c1cc(F)cc(Br)c1. The molecule has 0 spiro atoms. The van der Waals surface area contributed by atoms with Gasteiger partial charge >= 0.3 is 0 Å². The van der Waals surface area contributed by atoms with Crippen LogP contribution in [0.2, 0.25) is 0 Å². The zero-order valence-electron chi connectivity index (χ0n) is 11.6. The molecule has 108 valence electrons. The number of benzene rings is 1. The third-order valence-electron chi connectivity index (χ3n) is 2.97. The van der Waals surface area contributed by atoms with Gasteiger partial charge < -0.3 is 5.32 Å². The molecule has 1 aromatic heterocycles. The number of thiazole rings is 1. The summed E-state index contributed by atoms with van der Waals surface area (Å²) in [6.07, 6.45) is 1.83. The van der Waals surface area contributed by atoms with E-state index in [1.807, 2.05) is 18.4 Å². The summed E-state index contributed by atoms with van der Waals surface area (Å²) in [4.78, 5) is 4.50. The van der Waals surface area contributed by atoms with Crippen LogP contribution in [0.3, 0.4) is 0 Å².